The lowest BCUT2D eigenvalue weighted by atomic mass is 10.2. The van der Waals surface area contributed by atoms with E-state index >= 15 is 0 Å². The first-order valence-corrected chi connectivity index (χ1v) is 4.92. The Labute approximate surface area is 80.4 Å². The molecular weight excluding hydrogens is 160 g/mol. The fraction of sp³-hybridized carbons (Fsp3) is 0.545. The Morgan fingerprint density at radius 3 is 2.85 bits per heavy atom. The monoisotopic (exact) mass is 178 g/mol. The molecule has 2 heteroatoms. The van der Waals surface area contributed by atoms with E-state index in [4.69, 9.17) is 0 Å². The summed E-state index contributed by atoms with van der Waals surface area (Å²) in [5, 5.41) is 3.39. The number of nitrogens with one attached hydrogen (secondary N) is 1. The van der Waals surface area contributed by atoms with Gasteiger partial charge in [0, 0.05) is 17.9 Å². The topological polar surface area (TPSA) is 24.9 Å². The average Bonchev–Trinajstić information content (AvgIpc) is 2.14. The van der Waals surface area contributed by atoms with E-state index in [1.807, 2.05) is 18.3 Å². The molecular formula is C11H18N2. The fourth-order valence-corrected chi connectivity index (χ4v) is 1.21. The van der Waals surface area contributed by atoms with E-state index in [1.165, 1.54) is 5.69 Å². The predicted molar refractivity (Wildman–Crippen MR) is 55.7 cm³/mol. The van der Waals surface area contributed by atoms with Crippen LogP contribution in [0.5, 0.6) is 0 Å². The first kappa shape index (κ1) is 10.2. The molecule has 0 radical (unpaired) electrons. The molecule has 2 nitrogen and oxygen atoms in total. The minimum absolute atomic E-state index is 0.587. The SMILES string of the molecule is CC(C)NCCCc1ccccn1. The fourth-order valence-electron chi connectivity index (χ4n) is 1.21. The summed E-state index contributed by atoms with van der Waals surface area (Å²) in [6.45, 7) is 5.41. The molecule has 0 atom stereocenters. The van der Waals surface area contributed by atoms with Gasteiger partial charge >= 0.3 is 0 Å². The van der Waals surface area contributed by atoms with Crippen LogP contribution in [0.3, 0.4) is 0 Å². The summed E-state index contributed by atoms with van der Waals surface area (Å²) in [5.74, 6) is 0. The molecule has 1 N–H and O–H groups in total. The van der Waals surface area contributed by atoms with Crippen molar-refractivity contribution >= 4 is 0 Å². The highest BCUT2D eigenvalue weighted by atomic mass is 14.9. The summed E-state index contributed by atoms with van der Waals surface area (Å²) in [6.07, 6.45) is 4.08. The summed E-state index contributed by atoms with van der Waals surface area (Å²) in [5.41, 5.74) is 1.19. The zero-order valence-electron chi connectivity index (χ0n) is 8.46. The minimum Gasteiger partial charge on any atom is -0.315 e. The molecule has 0 fully saturated rings. The third-order valence-electron chi connectivity index (χ3n) is 1.89. The van der Waals surface area contributed by atoms with Crippen LogP contribution in [0.4, 0.5) is 0 Å². The largest absolute Gasteiger partial charge is 0.315 e. The van der Waals surface area contributed by atoms with Crippen LogP contribution in [0.1, 0.15) is 26.0 Å². The molecule has 0 aliphatic heterocycles. The molecule has 0 saturated carbocycles. The predicted octanol–water partition coefficient (Wildman–Crippen LogP) is 2.01. The molecule has 0 spiro atoms. The van der Waals surface area contributed by atoms with E-state index in [-0.39, 0.29) is 0 Å². The highest BCUT2D eigenvalue weighted by Gasteiger charge is 1.94. The van der Waals surface area contributed by atoms with Gasteiger partial charge in [-0.1, -0.05) is 19.9 Å². The quantitative estimate of drug-likeness (QED) is 0.698. The van der Waals surface area contributed by atoms with Gasteiger partial charge in [-0.25, -0.2) is 0 Å². The molecule has 1 rings (SSSR count). The summed E-state index contributed by atoms with van der Waals surface area (Å²) < 4.78 is 0. The normalized spacial score (nSPS) is 10.7. The van der Waals surface area contributed by atoms with E-state index < -0.39 is 0 Å². The van der Waals surface area contributed by atoms with Gasteiger partial charge < -0.3 is 5.32 Å². The summed E-state index contributed by atoms with van der Waals surface area (Å²) in [4.78, 5) is 4.27. The van der Waals surface area contributed by atoms with E-state index in [0.29, 0.717) is 6.04 Å². The van der Waals surface area contributed by atoms with Gasteiger partial charge in [-0.15, -0.1) is 0 Å². The van der Waals surface area contributed by atoms with Crippen molar-refractivity contribution in [2.45, 2.75) is 32.7 Å². The van der Waals surface area contributed by atoms with Crippen LogP contribution in [-0.2, 0) is 6.42 Å². The van der Waals surface area contributed by atoms with Gasteiger partial charge in [0.05, 0.1) is 0 Å². The van der Waals surface area contributed by atoms with Gasteiger partial charge in [0.2, 0.25) is 0 Å². The van der Waals surface area contributed by atoms with Crippen molar-refractivity contribution in [3.05, 3.63) is 30.1 Å². The Balaban J connectivity index is 2.13. The van der Waals surface area contributed by atoms with Crippen molar-refractivity contribution in [2.75, 3.05) is 6.54 Å². The Bertz CT molecular complexity index is 219. The molecule has 0 saturated heterocycles. The standard InChI is InChI=1S/C11H18N2/c1-10(2)12-9-5-7-11-6-3-4-8-13-11/h3-4,6,8,10,12H,5,7,9H2,1-2H3. The second-order valence-electron chi connectivity index (χ2n) is 3.53. The number of aromatic nitrogens is 1. The van der Waals surface area contributed by atoms with Crippen LogP contribution in [0, 0.1) is 0 Å². The number of pyridine rings is 1. The molecule has 1 aromatic rings. The zero-order chi connectivity index (χ0) is 9.52. The maximum absolute atomic E-state index is 4.27. The lowest BCUT2D eigenvalue weighted by Gasteiger charge is -2.06. The van der Waals surface area contributed by atoms with Gasteiger partial charge in [-0.05, 0) is 31.5 Å². The van der Waals surface area contributed by atoms with Gasteiger partial charge in [0.1, 0.15) is 0 Å². The van der Waals surface area contributed by atoms with Crippen molar-refractivity contribution in [3.63, 3.8) is 0 Å². The Kier molecular flexibility index (Phi) is 4.47. The minimum atomic E-state index is 0.587. The maximum Gasteiger partial charge on any atom is 0.0404 e. The van der Waals surface area contributed by atoms with Gasteiger partial charge in [-0.3, -0.25) is 4.98 Å². The van der Waals surface area contributed by atoms with Crippen LogP contribution < -0.4 is 5.32 Å². The zero-order valence-corrected chi connectivity index (χ0v) is 8.46. The highest BCUT2D eigenvalue weighted by Crippen LogP contribution is 1.97. The summed E-state index contributed by atoms with van der Waals surface area (Å²) in [6, 6.07) is 6.66. The van der Waals surface area contributed by atoms with Crippen LogP contribution in [0.2, 0.25) is 0 Å². The maximum atomic E-state index is 4.27. The smallest absolute Gasteiger partial charge is 0.0404 e. The molecule has 0 aliphatic carbocycles. The molecule has 1 aromatic heterocycles. The van der Waals surface area contributed by atoms with Crippen molar-refractivity contribution in [3.8, 4) is 0 Å². The van der Waals surface area contributed by atoms with Gasteiger partial charge in [0.15, 0.2) is 0 Å². The Morgan fingerprint density at radius 1 is 1.38 bits per heavy atom. The van der Waals surface area contributed by atoms with E-state index in [9.17, 15) is 0 Å². The molecule has 0 bridgehead atoms. The van der Waals surface area contributed by atoms with Crippen LogP contribution in [-0.4, -0.2) is 17.6 Å². The molecule has 1 heterocycles. The third kappa shape index (κ3) is 4.63. The van der Waals surface area contributed by atoms with E-state index in [2.05, 4.69) is 30.2 Å². The van der Waals surface area contributed by atoms with E-state index in [0.717, 1.165) is 19.4 Å². The highest BCUT2D eigenvalue weighted by molar-refractivity contribution is 5.03. The second kappa shape index (κ2) is 5.70. The van der Waals surface area contributed by atoms with Gasteiger partial charge in [-0.2, -0.15) is 0 Å². The molecule has 0 aromatic carbocycles. The number of hydrogen-bond donors (Lipinski definition) is 1. The van der Waals surface area contributed by atoms with Crippen molar-refractivity contribution in [1.29, 1.82) is 0 Å². The van der Waals surface area contributed by atoms with Crippen LogP contribution >= 0.6 is 0 Å². The number of hydrogen-bond acceptors (Lipinski definition) is 2. The number of aryl methyl sites for hydroxylation is 1. The first-order valence-electron chi connectivity index (χ1n) is 4.92. The van der Waals surface area contributed by atoms with E-state index in [1.54, 1.807) is 0 Å². The lowest BCUT2D eigenvalue weighted by Crippen LogP contribution is -2.23. The third-order valence-corrected chi connectivity index (χ3v) is 1.89. The molecule has 0 amide bonds. The molecule has 13 heavy (non-hydrogen) atoms. The van der Waals surface area contributed by atoms with Crippen molar-refractivity contribution in [2.24, 2.45) is 0 Å². The Hall–Kier alpha value is -0.890. The Morgan fingerprint density at radius 2 is 2.23 bits per heavy atom. The van der Waals surface area contributed by atoms with Gasteiger partial charge in [0.25, 0.3) is 0 Å². The van der Waals surface area contributed by atoms with Crippen LogP contribution in [0.15, 0.2) is 24.4 Å². The molecule has 72 valence electrons. The number of rotatable bonds is 5. The number of nitrogens with zero attached hydrogens (tertiary/aromatic N) is 1. The van der Waals surface area contributed by atoms with Crippen molar-refractivity contribution in [1.82, 2.24) is 10.3 Å². The summed E-state index contributed by atoms with van der Waals surface area (Å²) in [7, 11) is 0. The average molecular weight is 178 g/mol. The van der Waals surface area contributed by atoms with Crippen LogP contribution in [0.25, 0.3) is 0 Å². The molecule has 0 aliphatic rings. The lowest BCUT2D eigenvalue weighted by molar-refractivity contribution is 0.568. The summed E-state index contributed by atoms with van der Waals surface area (Å²) >= 11 is 0. The first-order chi connectivity index (χ1) is 6.29. The molecule has 0 unspecified atom stereocenters. The second-order valence-corrected chi connectivity index (χ2v) is 3.53. The van der Waals surface area contributed by atoms with Crippen molar-refractivity contribution < 1.29 is 0 Å².